The lowest BCUT2D eigenvalue weighted by Gasteiger charge is -2.15. The molecule has 3 nitrogen and oxygen atoms in total. The maximum absolute atomic E-state index is 13.1. The number of halogens is 8. The van der Waals surface area contributed by atoms with E-state index >= 15 is 0 Å². The molecule has 0 aliphatic carbocycles. The van der Waals surface area contributed by atoms with Crippen molar-refractivity contribution in [2.75, 3.05) is 4.72 Å². The Morgan fingerprint density at radius 1 is 0.731 bits per heavy atom. The van der Waals surface area contributed by atoms with Gasteiger partial charge in [-0.2, -0.15) is 26.3 Å². The zero-order valence-electron chi connectivity index (χ0n) is 12.2. The van der Waals surface area contributed by atoms with Gasteiger partial charge in [-0.3, -0.25) is 4.72 Å². The Kier molecular flexibility index (Phi) is 4.92. The summed E-state index contributed by atoms with van der Waals surface area (Å²) in [4.78, 5) is -0.887. The maximum atomic E-state index is 13.1. The quantitative estimate of drug-likeness (QED) is 0.746. The molecule has 1 N–H and O–H groups in total. The van der Waals surface area contributed by atoms with Crippen molar-refractivity contribution in [3.63, 3.8) is 0 Å². The molecule has 0 bridgehead atoms. The van der Waals surface area contributed by atoms with Crippen molar-refractivity contribution in [1.82, 2.24) is 0 Å². The summed E-state index contributed by atoms with van der Waals surface area (Å²) in [6, 6.07) is 1.38. The van der Waals surface area contributed by atoms with Crippen LogP contribution in [-0.2, 0) is 22.4 Å². The van der Waals surface area contributed by atoms with E-state index in [1.54, 1.807) is 0 Å². The number of hydrogen-bond acceptors (Lipinski definition) is 2. The highest BCUT2D eigenvalue weighted by Gasteiger charge is 2.37. The topological polar surface area (TPSA) is 46.2 Å². The van der Waals surface area contributed by atoms with Crippen molar-refractivity contribution < 1.29 is 43.5 Å². The van der Waals surface area contributed by atoms with Gasteiger partial charge in [-0.15, -0.1) is 0 Å². The van der Waals surface area contributed by atoms with Crippen LogP contribution in [0.2, 0.25) is 0 Å². The van der Waals surface area contributed by atoms with Crippen LogP contribution in [0.1, 0.15) is 11.1 Å². The van der Waals surface area contributed by atoms with Crippen LogP contribution in [-0.4, -0.2) is 8.42 Å². The van der Waals surface area contributed by atoms with Gasteiger partial charge >= 0.3 is 12.4 Å². The first kappa shape index (κ1) is 19.9. The molecular formula is C14H7F8NO2S. The fourth-order valence-corrected chi connectivity index (χ4v) is 2.92. The van der Waals surface area contributed by atoms with Gasteiger partial charge in [0.2, 0.25) is 0 Å². The minimum absolute atomic E-state index is 0.146. The summed E-state index contributed by atoms with van der Waals surface area (Å²) in [5, 5.41) is 0. The molecule has 0 unspecified atom stereocenters. The van der Waals surface area contributed by atoms with E-state index in [1.807, 2.05) is 0 Å². The standard InChI is InChI=1S/C14H7F8NO2S/c15-11-2-1-10(6-12(11)16)26(24,25)23-9-4-7(13(17,18)19)3-8(5-9)14(20,21)22/h1-6,23H. The van der Waals surface area contributed by atoms with Gasteiger partial charge < -0.3 is 0 Å². The molecule has 26 heavy (non-hydrogen) atoms. The molecule has 0 aliphatic rings. The van der Waals surface area contributed by atoms with Gasteiger partial charge in [0.05, 0.1) is 21.7 Å². The molecule has 0 aliphatic heterocycles. The van der Waals surface area contributed by atoms with Crippen LogP contribution >= 0.6 is 0 Å². The Balaban J connectivity index is 2.52. The highest BCUT2D eigenvalue weighted by Crippen LogP contribution is 2.38. The van der Waals surface area contributed by atoms with Crippen LogP contribution in [0.4, 0.5) is 40.8 Å². The van der Waals surface area contributed by atoms with E-state index in [9.17, 15) is 43.5 Å². The summed E-state index contributed by atoms with van der Waals surface area (Å²) in [5.74, 6) is -2.95. The minimum atomic E-state index is -5.18. The third-order valence-corrected chi connectivity index (χ3v) is 4.42. The zero-order chi connectivity index (χ0) is 19.9. The molecule has 0 heterocycles. The maximum Gasteiger partial charge on any atom is 0.416 e. The van der Waals surface area contributed by atoms with E-state index in [2.05, 4.69) is 0 Å². The number of alkyl halides is 6. The number of hydrogen-bond donors (Lipinski definition) is 1. The minimum Gasteiger partial charge on any atom is -0.280 e. The van der Waals surface area contributed by atoms with Gasteiger partial charge in [-0.25, -0.2) is 17.2 Å². The molecule has 2 rings (SSSR count). The summed E-state index contributed by atoms with van der Waals surface area (Å²) in [5.41, 5.74) is -4.53. The van der Waals surface area contributed by atoms with Gasteiger partial charge in [-0.05, 0) is 36.4 Å². The molecule has 0 amide bonds. The first-order chi connectivity index (χ1) is 11.7. The molecule has 2 aromatic rings. The lowest BCUT2D eigenvalue weighted by Crippen LogP contribution is -2.16. The van der Waals surface area contributed by atoms with Crippen molar-refractivity contribution in [3.8, 4) is 0 Å². The lowest BCUT2D eigenvalue weighted by molar-refractivity contribution is -0.143. The van der Waals surface area contributed by atoms with Crippen LogP contribution in [0.15, 0.2) is 41.3 Å². The van der Waals surface area contributed by atoms with Crippen molar-refractivity contribution in [2.24, 2.45) is 0 Å². The van der Waals surface area contributed by atoms with E-state index in [1.165, 1.54) is 4.72 Å². The van der Waals surface area contributed by atoms with Crippen LogP contribution in [0.3, 0.4) is 0 Å². The zero-order valence-corrected chi connectivity index (χ0v) is 13.0. The van der Waals surface area contributed by atoms with E-state index < -0.39 is 55.7 Å². The molecule has 142 valence electrons. The van der Waals surface area contributed by atoms with E-state index in [0.29, 0.717) is 12.1 Å². The average Bonchev–Trinajstić information content (AvgIpc) is 2.47. The summed E-state index contributed by atoms with van der Waals surface area (Å²) in [6.45, 7) is 0. The van der Waals surface area contributed by atoms with Gasteiger partial charge in [0, 0.05) is 0 Å². The predicted octanol–water partition coefficient (Wildman–Crippen LogP) is 4.80. The van der Waals surface area contributed by atoms with Crippen LogP contribution in [0.25, 0.3) is 0 Å². The van der Waals surface area contributed by atoms with E-state index in [-0.39, 0.29) is 24.3 Å². The SMILES string of the molecule is O=S(=O)(Nc1cc(C(F)(F)F)cc(C(F)(F)F)c1)c1ccc(F)c(F)c1. The second-order valence-electron chi connectivity index (χ2n) is 4.98. The number of sulfonamides is 1. The molecular weight excluding hydrogens is 398 g/mol. The predicted molar refractivity (Wildman–Crippen MR) is 73.6 cm³/mol. The highest BCUT2D eigenvalue weighted by atomic mass is 32.2. The Morgan fingerprint density at radius 3 is 1.65 bits per heavy atom. The summed E-state index contributed by atoms with van der Waals surface area (Å²) >= 11 is 0. The number of benzene rings is 2. The molecule has 0 spiro atoms. The summed E-state index contributed by atoms with van der Waals surface area (Å²) in [7, 11) is -4.77. The Bertz CT molecular complexity index is 903. The van der Waals surface area contributed by atoms with Crippen molar-refractivity contribution in [3.05, 3.63) is 59.2 Å². The number of nitrogens with one attached hydrogen (secondary N) is 1. The monoisotopic (exact) mass is 405 g/mol. The first-order valence-corrected chi connectivity index (χ1v) is 7.96. The average molecular weight is 405 g/mol. The van der Waals surface area contributed by atoms with Crippen LogP contribution in [0.5, 0.6) is 0 Å². The van der Waals surface area contributed by atoms with E-state index in [4.69, 9.17) is 0 Å². The smallest absolute Gasteiger partial charge is 0.280 e. The fraction of sp³-hybridized carbons (Fsp3) is 0.143. The Hall–Kier alpha value is -2.37. The molecule has 12 heteroatoms. The third-order valence-electron chi connectivity index (χ3n) is 3.04. The molecule has 0 atom stereocenters. The van der Waals surface area contributed by atoms with E-state index in [0.717, 1.165) is 0 Å². The molecule has 0 radical (unpaired) electrons. The van der Waals surface area contributed by atoms with Gasteiger partial charge in [0.15, 0.2) is 11.6 Å². The van der Waals surface area contributed by atoms with Crippen LogP contribution in [0, 0.1) is 11.6 Å². The molecule has 0 saturated heterocycles. The number of rotatable bonds is 3. The molecule has 2 aromatic carbocycles. The first-order valence-electron chi connectivity index (χ1n) is 6.47. The summed E-state index contributed by atoms with van der Waals surface area (Å²) < 4.78 is 128. The molecule has 0 saturated carbocycles. The van der Waals surface area contributed by atoms with Crippen LogP contribution < -0.4 is 4.72 Å². The van der Waals surface area contributed by atoms with Gasteiger partial charge in [-0.1, -0.05) is 0 Å². The van der Waals surface area contributed by atoms with Crippen molar-refractivity contribution in [1.29, 1.82) is 0 Å². The lowest BCUT2D eigenvalue weighted by atomic mass is 10.1. The largest absolute Gasteiger partial charge is 0.416 e. The van der Waals surface area contributed by atoms with Crippen molar-refractivity contribution >= 4 is 15.7 Å². The molecule has 0 aromatic heterocycles. The second-order valence-corrected chi connectivity index (χ2v) is 6.66. The third kappa shape index (κ3) is 4.42. The normalized spacial score (nSPS) is 12.9. The van der Waals surface area contributed by atoms with Crippen molar-refractivity contribution in [2.45, 2.75) is 17.2 Å². The summed E-state index contributed by atoms with van der Waals surface area (Å²) in [6.07, 6.45) is -10.4. The fourth-order valence-electron chi connectivity index (χ4n) is 1.87. The Morgan fingerprint density at radius 2 is 1.23 bits per heavy atom. The molecule has 0 fully saturated rings. The number of anilines is 1. The second kappa shape index (κ2) is 6.41. The van der Waals surface area contributed by atoms with Gasteiger partial charge in [0.25, 0.3) is 10.0 Å². The van der Waals surface area contributed by atoms with Gasteiger partial charge in [0.1, 0.15) is 0 Å². The highest BCUT2D eigenvalue weighted by molar-refractivity contribution is 7.92. The Labute approximate surface area is 141 Å².